The summed E-state index contributed by atoms with van der Waals surface area (Å²) in [6.45, 7) is 2.90. The number of amides is 3. The summed E-state index contributed by atoms with van der Waals surface area (Å²) >= 11 is 6.09. The van der Waals surface area contributed by atoms with Crippen LogP contribution in [0.25, 0.3) is 0 Å². The van der Waals surface area contributed by atoms with Gasteiger partial charge in [-0.25, -0.2) is 4.79 Å². The van der Waals surface area contributed by atoms with E-state index in [2.05, 4.69) is 10.6 Å². The van der Waals surface area contributed by atoms with Crippen molar-refractivity contribution >= 4 is 29.5 Å². The molecule has 176 valence electrons. The highest BCUT2D eigenvalue weighted by atomic mass is 35.5. The van der Waals surface area contributed by atoms with E-state index in [9.17, 15) is 14.4 Å². The average molecular weight is 465 g/mol. The first-order valence-electron chi connectivity index (χ1n) is 11.5. The van der Waals surface area contributed by atoms with Crippen molar-refractivity contribution in [2.24, 2.45) is 11.7 Å². The van der Waals surface area contributed by atoms with Crippen LogP contribution >= 0.6 is 11.6 Å². The zero-order chi connectivity index (χ0) is 23.1. The molecule has 9 heteroatoms. The number of carbonyl (C=O) groups excluding carboxylic acids is 3. The molecule has 8 nitrogen and oxygen atoms in total. The van der Waals surface area contributed by atoms with Gasteiger partial charge >= 0.3 is 6.09 Å². The van der Waals surface area contributed by atoms with E-state index in [1.54, 1.807) is 30.0 Å². The van der Waals surface area contributed by atoms with Crippen LogP contribution in [0.1, 0.15) is 57.4 Å². The molecule has 1 saturated heterocycles. The lowest BCUT2D eigenvalue weighted by Crippen LogP contribution is -2.53. The van der Waals surface area contributed by atoms with E-state index < -0.39 is 18.2 Å². The molecule has 0 aromatic heterocycles. The van der Waals surface area contributed by atoms with Crippen molar-refractivity contribution in [1.82, 2.24) is 15.5 Å². The largest absolute Gasteiger partial charge is 0.412 e. The van der Waals surface area contributed by atoms with Crippen LogP contribution in [-0.2, 0) is 16.1 Å². The van der Waals surface area contributed by atoms with E-state index in [-0.39, 0.29) is 24.3 Å². The first-order valence-corrected chi connectivity index (χ1v) is 11.9. The Hall–Kier alpha value is -2.32. The van der Waals surface area contributed by atoms with Crippen LogP contribution in [0, 0.1) is 5.92 Å². The summed E-state index contributed by atoms with van der Waals surface area (Å²) in [5, 5.41) is 5.90. The van der Waals surface area contributed by atoms with Crippen LogP contribution in [0.4, 0.5) is 4.79 Å². The van der Waals surface area contributed by atoms with Crippen molar-refractivity contribution in [3.8, 4) is 5.75 Å². The monoisotopic (exact) mass is 464 g/mol. The summed E-state index contributed by atoms with van der Waals surface area (Å²) in [4.78, 5) is 39.4. The molecule has 0 spiro atoms. The second-order valence-electron chi connectivity index (χ2n) is 8.50. The lowest BCUT2D eigenvalue weighted by molar-refractivity contribution is -0.140. The highest BCUT2D eigenvalue weighted by Crippen LogP contribution is 2.28. The van der Waals surface area contributed by atoms with Crippen LogP contribution < -0.4 is 21.1 Å². The second kappa shape index (κ2) is 11.5. The lowest BCUT2D eigenvalue weighted by Gasteiger charge is -2.32. The summed E-state index contributed by atoms with van der Waals surface area (Å²) in [5.74, 6) is 0.147. The molecule has 2 fully saturated rings. The predicted octanol–water partition coefficient (Wildman–Crippen LogP) is 2.96. The van der Waals surface area contributed by atoms with Crippen molar-refractivity contribution in [3.63, 3.8) is 0 Å². The summed E-state index contributed by atoms with van der Waals surface area (Å²) in [6, 6.07) is 3.77. The number of rotatable bonds is 7. The van der Waals surface area contributed by atoms with Gasteiger partial charge in [-0.05, 0) is 56.7 Å². The molecule has 1 aromatic carbocycles. The van der Waals surface area contributed by atoms with Gasteiger partial charge in [-0.2, -0.15) is 0 Å². The Labute approximate surface area is 194 Å². The molecule has 32 heavy (non-hydrogen) atoms. The molecule has 1 aromatic rings. The summed E-state index contributed by atoms with van der Waals surface area (Å²) < 4.78 is 5.32. The maximum atomic E-state index is 13.1. The number of hydrogen-bond donors (Lipinski definition) is 3. The molecule has 1 aliphatic carbocycles. The first-order chi connectivity index (χ1) is 15.4. The molecule has 3 amide bonds. The minimum absolute atomic E-state index is 0.126. The van der Waals surface area contributed by atoms with Gasteiger partial charge in [0.15, 0.2) is 0 Å². The van der Waals surface area contributed by atoms with Gasteiger partial charge in [-0.3, -0.25) is 9.59 Å². The van der Waals surface area contributed by atoms with Gasteiger partial charge in [0.25, 0.3) is 0 Å². The number of likely N-dealkylation sites (tertiary alicyclic amines) is 1. The topological polar surface area (TPSA) is 114 Å². The molecular weight excluding hydrogens is 432 g/mol. The van der Waals surface area contributed by atoms with Crippen molar-refractivity contribution in [2.45, 2.75) is 70.5 Å². The third kappa shape index (κ3) is 6.13. The fourth-order valence-corrected chi connectivity index (χ4v) is 4.75. The van der Waals surface area contributed by atoms with Crippen molar-refractivity contribution in [3.05, 3.63) is 28.8 Å². The predicted molar refractivity (Wildman–Crippen MR) is 122 cm³/mol. The number of nitrogens with two attached hydrogens (primary N) is 1. The second-order valence-corrected chi connectivity index (χ2v) is 8.94. The molecule has 1 saturated carbocycles. The molecule has 1 aliphatic heterocycles. The number of halogens is 1. The van der Waals surface area contributed by atoms with E-state index >= 15 is 0 Å². The van der Waals surface area contributed by atoms with E-state index in [4.69, 9.17) is 22.1 Å². The third-order valence-corrected chi connectivity index (χ3v) is 6.52. The maximum Gasteiger partial charge on any atom is 0.412 e. The van der Waals surface area contributed by atoms with Gasteiger partial charge in [0.1, 0.15) is 11.8 Å². The van der Waals surface area contributed by atoms with Crippen molar-refractivity contribution in [2.75, 3.05) is 13.1 Å². The fourth-order valence-electron chi connectivity index (χ4n) is 4.56. The lowest BCUT2D eigenvalue weighted by atomic mass is 9.83. The highest BCUT2D eigenvalue weighted by molar-refractivity contribution is 6.30. The van der Waals surface area contributed by atoms with Gasteiger partial charge in [0, 0.05) is 30.2 Å². The van der Waals surface area contributed by atoms with E-state index in [1.165, 1.54) is 6.42 Å². The minimum Gasteiger partial charge on any atom is -0.410 e. The number of hydrogen-bond acceptors (Lipinski definition) is 5. The third-order valence-electron chi connectivity index (χ3n) is 6.28. The quantitative estimate of drug-likeness (QED) is 0.574. The standard InChI is InChI=1S/C23H33ClN4O4/c1-2-26-23(31)32-19-11-10-17(24)13-16(19)14-27-21(29)18-9-6-12-28(18)22(30)20(25)15-7-4-3-5-8-15/h10-11,13,15,18,20H,2-9,12,14,25H2,1H3,(H,26,31)(H,27,29)/t18-,20-/m0/s1. The van der Waals surface area contributed by atoms with Crippen molar-refractivity contribution in [1.29, 1.82) is 0 Å². The number of ether oxygens (including phenoxy) is 1. The molecule has 1 heterocycles. The number of nitrogens with one attached hydrogen (secondary N) is 2. The zero-order valence-corrected chi connectivity index (χ0v) is 19.3. The summed E-state index contributed by atoms with van der Waals surface area (Å²) in [7, 11) is 0. The number of carbonyl (C=O) groups is 3. The SMILES string of the molecule is CCNC(=O)Oc1ccc(Cl)cc1CNC(=O)[C@@H]1CCCN1C(=O)[C@@H](N)C1CCCCC1. The first kappa shape index (κ1) is 24.3. The Morgan fingerprint density at radius 2 is 1.91 bits per heavy atom. The van der Waals surface area contributed by atoms with Crippen LogP contribution in [0.15, 0.2) is 18.2 Å². The van der Waals surface area contributed by atoms with Crippen LogP contribution in [-0.4, -0.2) is 48.0 Å². The molecule has 2 aliphatic rings. The van der Waals surface area contributed by atoms with Crippen LogP contribution in [0.3, 0.4) is 0 Å². The van der Waals surface area contributed by atoms with E-state index in [0.717, 1.165) is 32.1 Å². The molecule has 4 N–H and O–H groups in total. The van der Waals surface area contributed by atoms with Crippen molar-refractivity contribution < 1.29 is 19.1 Å². The Kier molecular flexibility index (Phi) is 8.75. The zero-order valence-electron chi connectivity index (χ0n) is 18.6. The molecule has 2 atom stereocenters. The van der Waals surface area contributed by atoms with E-state index in [0.29, 0.717) is 35.8 Å². The summed E-state index contributed by atoms with van der Waals surface area (Å²) in [5.41, 5.74) is 6.89. The van der Waals surface area contributed by atoms with Gasteiger partial charge in [0.05, 0.1) is 6.04 Å². The minimum atomic E-state index is -0.577. The maximum absolute atomic E-state index is 13.1. The number of nitrogens with zero attached hydrogens (tertiary/aromatic N) is 1. The summed E-state index contributed by atoms with van der Waals surface area (Å²) in [6.07, 6.45) is 6.15. The normalized spacial score (nSPS) is 20.0. The average Bonchev–Trinajstić information content (AvgIpc) is 3.29. The van der Waals surface area contributed by atoms with Gasteiger partial charge in [-0.15, -0.1) is 0 Å². The van der Waals surface area contributed by atoms with Gasteiger partial charge < -0.3 is 26.0 Å². The smallest absolute Gasteiger partial charge is 0.410 e. The Bertz CT molecular complexity index is 828. The Morgan fingerprint density at radius 3 is 2.62 bits per heavy atom. The Morgan fingerprint density at radius 1 is 1.16 bits per heavy atom. The highest BCUT2D eigenvalue weighted by Gasteiger charge is 2.38. The van der Waals surface area contributed by atoms with Gasteiger partial charge in [-0.1, -0.05) is 30.9 Å². The molecule has 0 radical (unpaired) electrons. The van der Waals surface area contributed by atoms with Crippen LogP contribution in [0.5, 0.6) is 5.75 Å². The number of benzene rings is 1. The Balaban J connectivity index is 1.62. The van der Waals surface area contributed by atoms with E-state index in [1.807, 2.05) is 0 Å². The molecule has 0 bridgehead atoms. The fraction of sp³-hybridized carbons (Fsp3) is 0.609. The molecular formula is C23H33ClN4O4. The van der Waals surface area contributed by atoms with Crippen LogP contribution in [0.2, 0.25) is 5.02 Å². The molecule has 0 unspecified atom stereocenters. The molecule has 3 rings (SSSR count). The van der Waals surface area contributed by atoms with Gasteiger partial charge in [0.2, 0.25) is 11.8 Å².